The summed E-state index contributed by atoms with van der Waals surface area (Å²) in [6, 6.07) is 0. The summed E-state index contributed by atoms with van der Waals surface area (Å²) in [5.74, 6) is -2.61. The number of hydrogen-bond donors (Lipinski definition) is 0. The average molecular weight is 637 g/mol. The largest absolute Gasteiger partial charge is 2.00 e. The molecule has 0 aromatic heterocycles. The van der Waals surface area contributed by atoms with Gasteiger partial charge in [-0.2, -0.15) is 0 Å². The smallest absolute Gasteiger partial charge is 0.548 e. The molecule has 0 saturated heterocycles. The normalized spacial score (nSPS) is 10.3. The Kier molecular flexibility index (Phi) is 38.6. The monoisotopic (exact) mass is 636 g/mol. The first-order valence-electron chi connectivity index (χ1n) is 17.0. The van der Waals surface area contributed by atoms with E-state index >= 15 is 0 Å². The van der Waals surface area contributed by atoms with Gasteiger partial charge in [0.15, 0.2) is 0 Å². The van der Waals surface area contributed by atoms with Gasteiger partial charge in [-0.25, -0.2) is 0 Å². The molecule has 0 rings (SSSR count). The van der Waals surface area contributed by atoms with Crippen LogP contribution < -0.4 is 10.2 Å². The zero-order valence-electron chi connectivity index (χ0n) is 28.4. The number of aliphatic carboxylic acids is 2. The van der Waals surface area contributed by atoms with Crippen LogP contribution in [0.4, 0.5) is 0 Å². The van der Waals surface area contributed by atoms with Crippen LogP contribution in [0, 0.1) is 0 Å². The fourth-order valence-electron chi connectivity index (χ4n) is 4.83. The van der Waals surface area contributed by atoms with Gasteiger partial charge < -0.3 is 29.6 Å². The molecule has 0 radical (unpaired) electrons. The van der Waals surface area contributed by atoms with Crippen molar-refractivity contribution in [1.29, 1.82) is 0 Å². The first-order chi connectivity index (χ1) is 20.1. The predicted molar refractivity (Wildman–Crippen MR) is 173 cm³/mol. The van der Waals surface area contributed by atoms with E-state index in [1.807, 2.05) is 0 Å². The van der Waals surface area contributed by atoms with Crippen molar-refractivity contribution in [3.63, 3.8) is 0 Å². The molecule has 43 heavy (non-hydrogen) atoms. The Bertz CT molecular complexity index is 621. The van der Waals surface area contributed by atoms with E-state index in [-0.39, 0.29) is 62.6 Å². The van der Waals surface area contributed by atoms with Gasteiger partial charge in [-0.3, -0.25) is 9.59 Å². The number of carbonyl (C=O) groups excluding carboxylic acids is 4. The van der Waals surface area contributed by atoms with E-state index in [4.69, 9.17) is 0 Å². The minimum absolute atomic E-state index is 0. The molecule has 0 aromatic rings. The first-order valence-corrected chi connectivity index (χ1v) is 17.0. The van der Waals surface area contributed by atoms with Gasteiger partial charge >= 0.3 is 37.7 Å². The van der Waals surface area contributed by atoms with E-state index in [9.17, 15) is 29.4 Å². The Hall–Kier alpha value is -0.860. The van der Waals surface area contributed by atoms with E-state index in [0.29, 0.717) is 12.8 Å². The maximum absolute atomic E-state index is 11.6. The zero-order chi connectivity index (χ0) is 31.8. The zero-order valence-corrected chi connectivity index (χ0v) is 30.6. The van der Waals surface area contributed by atoms with Crippen LogP contribution in [0.1, 0.15) is 168 Å². The van der Waals surface area contributed by atoms with Crippen LogP contribution in [0.2, 0.25) is 0 Å². The number of unbranched alkanes of at least 4 members (excludes halogenated alkanes) is 20. The molecule has 0 N–H and O–H groups in total. The maximum atomic E-state index is 11.6. The predicted octanol–water partition coefficient (Wildman–Crippen LogP) is 5.41. The molecule has 9 heteroatoms. The molecular weight excluding hydrogens is 572 g/mol. The van der Waals surface area contributed by atoms with E-state index in [2.05, 4.69) is 13.8 Å². The van der Waals surface area contributed by atoms with Crippen LogP contribution in [0.5, 0.6) is 0 Å². The molecule has 8 nitrogen and oxygen atoms in total. The van der Waals surface area contributed by atoms with Crippen molar-refractivity contribution in [2.75, 3.05) is 27.2 Å². The van der Waals surface area contributed by atoms with Gasteiger partial charge in [-0.15, -0.1) is 0 Å². The minimum atomic E-state index is -1.20. The summed E-state index contributed by atoms with van der Waals surface area (Å²) >= 11 is 0. The summed E-state index contributed by atoms with van der Waals surface area (Å²) in [5, 5.41) is 20.7. The standard InChI is InChI=1S/2C17H33NO3.Ca/c2*1-3-4-5-6-7-8-9-10-11-12-13-14-16(19)18(2)15-17(20)21;/h2*3-15H2,1-2H3,(H,20,21);/q;;+2/p-2. The maximum Gasteiger partial charge on any atom is 2.00 e. The minimum Gasteiger partial charge on any atom is -0.548 e. The SMILES string of the molecule is CCCCCCCCCCCCCC(=O)N(C)CC(=O)[O-].CCCCCCCCCCCCCC(=O)N(C)CC(=O)[O-].[Ca+2]. The van der Waals surface area contributed by atoms with E-state index < -0.39 is 11.9 Å². The van der Waals surface area contributed by atoms with Gasteiger partial charge in [-0.1, -0.05) is 142 Å². The van der Waals surface area contributed by atoms with Gasteiger partial charge in [0, 0.05) is 26.9 Å². The van der Waals surface area contributed by atoms with Crippen molar-refractivity contribution in [3.8, 4) is 0 Å². The molecule has 0 spiro atoms. The van der Waals surface area contributed by atoms with Crippen molar-refractivity contribution in [3.05, 3.63) is 0 Å². The molecule has 0 aliphatic heterocycles. The fourth-order valence-corrected chi connectivity index (χ4v) is 4.83. The Labute approximate surface area is 294 Å². The van der Waals surface area contributed by atoms with Gasteiger partial charge in [0.2, 0.25) is 11.8 Å². The number of hydrogen-bond acceptors (Lipinski definition) is 6. The molecule has 0 fully saturated rings. The number of likely N-dealkylation sites (N-methyl/N-ethyl adjacent to an activating group) is 2. The van der Waals surface area contributed by atoms with Crippen molar-refractivity contribution in [2.45, 2.75) is 168 Å². The molecule has 2 amide bonds. The van der Waals surface area contributed by atoms with Crippen LogP contribution in [-0.2, 0) is 19.2 Å². The second kappa shape index (κ2) is 35.6. The van der Waals surface area contributed by atoms with Gasteiger partial charge in [-0.05, 0) is 12.8 Å². The average Bonchev–Trinajstić information content (AvgIpc) is 2.94. The van der Waals surface area contributed by atoms with E-state index in [1.54, 1.807) is 0 Å². The third-order valence-electron chi connectivity index (χ3n) is 7.57. The van der Waals surface area contributed by atoms with E-state index in [0.717, 1.165) is 25.7 Å². The molecule has 0 atom stereocenters. The summed E-state index contributed by atoms with van der Waals surface area (Å²) in [7, 11) is 3.02. The second-order valence-electron chi connectivity index (χ2n) is 11.8. The summed E-state index contributed by atoms with van der Waals surface area (Å²) in [6.45, 7) is 3.86. The van der Waals surface area contributed by atoms with Crippen LogP contribution in [0.3, 0.4) is 0 Å². The summed E-state index contributed by atoms with van der Waals surface area (Å²) in [4.78, 5) is 46.3. The topological polar surface area (TPSA) is 121 Å². The van der Waals surface area contributed by atoms with Crippen LogP contribution in [0.25, 0.3) is 0 Å². The number of nitrogens with zero attached hydrogens (tertiary/aromatic N) is 2. The number of carbonyl (C=O) groups is 4. The van der Waals surface area contributed by atoms with Gasteiger partial charge in [0.1, 0.15) is 0 Å². The van der Waals surface area contributed by atoms with E-state index in [1.165, 1.54) is 139 Å². The Balaban J connectivity index is -0.000000727. The van der Waals surface area contributed by atoms with Crippen LogP contribution in [-0.4, -0.2) is 98.5 Å². The Morgan fingerprint density at radius 3 is 0.837 bits per heavy atom. The number of amides is 2. The molecular formula is C34H64CaN2O6. The molecule has 0 aliphatic carbocycles. The quantitative estimate of drug-likeness (QED) is 0.0837. The summed E-state index contributed by atoms with van der Waals surface area (Å²) < 4.78 is 0. The van der Waals surface area contributed by atoms with Gasteiger partial charge in [0.25, 0.3) is 0 Å². The van der Waals surface area contributed by atoms with Crippen LogP contribution in [0.15, 0.2) is 0 Å². The fraction of sp³-hybridized carbons (Fsp3) is 0.882. The summed E-state index contributed by atoms with van der Waals surface area (Å²) in [5.41, 5.74) is 0. The first kappa shape index (κ1) is 46.6. The second-order valence-corrected chi connectivity index (χ2v) is 11.8. The number of carboxylic acids is 2. The van der Waals surface area contributed by atoms with Gasteiger partial charge in [0.05, 0.1) is 25.0 Å². The number of carboxylic acid groups (broad SMARTS) is 2. The summed E-state index contributed by atoms with van der Waals surface area (Å²) in [6.07, 6.45) is 28.3. The molecule has 0 bridgehead atoms. The Morgan fingerprint density at radius 2 is 0.628 bits per heavy atom. The molecule has 0 aliphatic rings. The van der Waals surface area contributed by atoms with Crippen molar-refractivity contribution in [2.24, 2.45) is 0 Å². The van der Waals surface area contributed by atoms with Crippen LogP contribution >= 0.6 is 0 Å². The van der Waals surface area contributed by atoms with Crippen molar-refractivity contribution >= 4 is 61.5 Å². The molecule has 0 heterocycles. The van der Waals surface area contributed by atoms with Crippen molar-refractivity contribution < 1.29 is 29.4 Å². The Morgan fingerprint density at radius 1 is 0.419 bits per heavy atom. The van der Waals surface area contributed by atoms with Crippen molar-refractivity contribution in [1.82, 2.24) is 9.80 Å². The molecule has 0 aromatic carbocycles. The molecule has 248 valence electrons. The molecule has 0 saturated carbocycles. The third-order valence-corrected chi connectivity index (χ3v) is 7.57. The number of rotatable bonds is 28. The molecule has 0 unspecified atom stereocenters. The third kappa shape index (κ3) is 37.2.